The maximum atomic E-state index is 12.7. The number of anilines is 1. The van der Waals surface area contributed by atoms with Gasteiger partial charge in [-0.15, -0.1) is 0 Å². The SMILES string of the molecule is Cc1ccc(NC(=O)/C(C#N)=C/c2cc(C)c(OCc3ccc(Br)cc3)c(C)c2)c(C)c1. The zero-order chi connectivity index (χ0) is 23.3. The van der Waals surface area contributed by atoms with E-state index >= 15 is 0 Å². The number of carbonyl (C=O) groups is 1. The highest BCUT2D eigenvalue weighted by Gasteiger charge is 2.13. The van der Waals surface area contributed by atoms with Crippen LogP contribution in [0.15, 0.2) is 64.6 Å². The number of ether oxygens (including phenoxy) is 1. The Morgan fingerprint density at radius 1 is 1.00 bits per heavy atom. The summed E-state index contributed by atoms with van der Waals surface area (Å²) in [7, 11) is 0. The molecule has 3 aromatic rings. The van der Waals surface area contributed by atoms with Crippen molar-refractivity contribution in [2.45, 2.75) is 34.3 Å². The highest BCUT2D eigenvalue weighted by molar-refractivity contribution is 9.10. The van der Waals surface area contributed by atoms with Gasteiger partial charge in [0.2, 0.25) is 0 Å². The quantitative estimate of drug-likeness (QED) is 0.306. The maximum absolute atomic E-state index is 12.7. The van der Waals surface area contributed by atoms with Crippen LogP contribution in [0.3, 0.4) is 0 Å². The number of nitriles is 1. The molecule has 0 unspecified atom stereocenters. The molecule has 0 bridgehead atoms. The molecule has 3 rings (SSSR count). The molecule has 5 heteroatoms. The average molecular weight is 489 g/mol. The van der Waals surface area contributed by atoms with Gasteiger partial charge in [-0.2, -0.15) is 5.26 Å². The molecule has 0 aliphatic carbocycles. The molecule has 0 heterocycles. The fourth-order valence-corrected chi connectivity index (χ4v) is 3.75. The molecule has 0 saturated heterocycles. The van der Waals surface area contributed by atoms with Crippen molar-refractivity contribution in [3.63, 3.8) is 0 Å². The van der Waals surface area contributed by atoms with Crippen LogP contribution in [-0.2, 0) is 11.4 Å². The van der Waals surface area contributed by atoms with Crippen molar-refractivity contribution in [3.05, 3.63) is 98.0 Å². The maximum Gasteiger partial charge on any atom is 0.266 e. The molecule has 1 amide bonds. The molecule has 4 nitrogen and oxygen atoms in total. The largest absolute Gasteiger partial charge is 0.488 e. The molecule has 1 N–H and O–H groups in total. The van der Waals surface area contributed by atoms with Crippen molar-refractivity contribution < 1.29 is 9.53 Å². The highest BCUT2D eigenvalue weighted by Crippen LogP contribution is 2.27. The summed E-state index contributed by atoms with van der Waals surface area (Å²) in [5.74, 6) is 0.383. The molecule has 162 valence electrons. The Bertz CT molecular complexity index is 1200. The van der Waals surface area contributed by atoms with E-state index in [-0.39, 0.29) is 5.57 Å². The molecule has 0 spiro atoms. The van der Waals surface area contributed by atoms with Gasteiger partial charge in [0.05, 0.1) is 0 Å². The predicted octanol–water partition coefficient (Wildman–Crippen LogP) is 6.81. The Morgan fingerprint density at radius 2 is 1.66 bits per heavy atom. The highest BCUT2D eigenvalue weighted by atomic mass is 79.9. The van der Waals surface area contributed by atoms with Crippen LogP contribution in [0.1, 0.15) is 33.4 Å². The Hall–Kier alpha value is -3.36. The molecule has 0 fully saturated rings. The molecule has 0 radical (unpaired) electrons. The van der Waals surface area contributed by atoms with Gasteiger partial charge in [0.15, 0.2) is 0 Å². The van der Waals surface area contributed by atoms with Crippen LogP contribution in [0.25, 0.3) is 6.08 Å². The van der Waals surface area contributed by atoms with Crippen LogP contribution in [0.5, 0.6) is 5.75 Å². The Kier molecular flexibility index (Phi) is 7.50. The fraction of sp³-hybridized carbons (Fsp3) is 0.185. The zero-order valence-electron chi connectivity index (χ0n) is 18.6. The molecule has 0 saturated carbocycles. The summed E-state index contributed by atoms with van der Waals surface area (Å²) in [5, 5.41) is 12.4. The predicted molar refractivity (Wildman–Crippen MR) is 133 cm³/mol. The summed E-state index contributed by atoms with van der Waals surface area (Å²) in [4.78, 5) is 12.7. The number of hydrogen-bond donors (Lipinski definition) is 1. The van der Waals surface area contributed by atoms with Crippen LogP contribution in [0, 0.1) is 39.0 Å². The number of benzene rings is 3. The summed E-state index contributed by atoms with van der Waals surface area (Å²) < 4.78 is 7.08. The van der Waals surface area contributed by atoms with Gasteiger partial charge in [-0.3, -0.25) is 4.79 Å². The Labute approximate surface area is 197 Å². The van der Waals surface area contributed by atoms with E-state index in [1.54, 1.807) is 6.08 Å². The van der Waals surface area contributed by atoms with E-state index in [0.717, 1.165) is 43.6 Å². The monoisotopic (exact) mass is 488 g/mol. The number of nitrogens with one attached hydrogen (secondary N) is 1. The summed E-state index contributed by atoms with van der Waals surface area (Å²) >= 11 is 3.44. The van der Waals surface area contributed by atoms with Crippen molar-refractivity contribution in [1.29, 1.82) is 5.26 Å². The third-order valence-corrected chi connectivity index (χ3v) is 5.61. The molecule has 3 aromatic carbocycles. The van der Waals surface area contributed by atoms with Crippen molar-refractivity contribution in [2.24, 2.45) is 0 Å². The standard InChI is InChI=1S/C27H25BrN2O2/c1-17-5-10-25(18(2)11-17)30-27(31)23(15-29)14-22-12-19(3)26(20(4)13-22)32-16-21-6-8-24(28)9-7-21/h5-14H,16H2,1-4H3,(H,30,31)/b23-14+. The minimum absolute atomic E-state index is 0.0484. The first kappa shape index (κ1) is 23.3. The van der Waals surface area contributed by atoms with Crippen LogP contribution < -0.4 is 10.1 Å². The zero-order valence-corrected chi connectivity index (χ0v) is 20.2. The van der Waals surface area contributed by atoms with Gasteiger partial charge in [0.25, 0.3) is 5.91 Å². The van der Waals surface area contributed by atoms with Crippen LogP contribution >= 0.6 is 15.9 Å². The van der Waals surface area contributed by atoms with E-state index in [1.807, 2.05) is 88.4 Å². The number of halogens is 1. The molecular weight excluding hydrogens is 464 g/mol. The van der Waals surface area contributed by atoms with Crippen molar-refractivity contribution >= 4 is 33.6 Å². The first-order valence-electron chi connectivity index (χ1n) is 10.3. The van der Waals surface area contributed by atoms with E-state index < -0.39 is 5.91 Å². The van der Waals surface area contributed by atoms with Gasteiger partial charge in [-0.1, -0.05) is 45.8 Å². The lowest BCUT2D eigenvalue weighted by Gasteiger charge is -2.14. The number of aryl methyl sites for hydroxylation is 4. The normalized spacial score (nSPS) is 11.1. The third kappa shape index (κ3) is 5.87. The molecular formula is C27H25BrN2O2. The van der Waals surface area contributed by atoms with Gasteiger partial charge in [0, 0.05) is 10.2 Å². The van der Waals surface area contributed by atoms with Gasteiger partial charge < -0.3 is 10.1 Å². The van der Waals surface area contributed by atoms with Gasteiger partial charge in [0.1, 0.15) is 24.0 Å². The minimum Gasteiger partial charge on any atom is -0.488 e. The van der Waals surface area contributed by atoms with E-state index in [2.05, 4.69) is 21.2 Å². The minimum atomic E-state index is -0.426. The Balaban J connectivity index is 1.77. The summed E-state index contributed by atoms with van der Waals surface area (Å²) in [5.41, 5.74) is 6.56. The number of rotatable bonds is 6. The molecule has 0 aromatic heterocycles. The first-order valence-corrected chi connectivity index (χ1v) is 11.0. The number of amides is 1. The summed E-state index contributed by atoms with van der Waals surface area (Å²) in [6, 6.07) is 19.6. The van der Waals surface area contributed by atoms with Crippen LogP contribution in [-0.4, -0.2) is 5.91 Å². The molecule has 32 heavy (non-hydrogen) atoms. The van der Waals surface area contributed by atoms with E-state index in [1.165, 1.54) is 0 Å². The third-order valence-electron chi connectivity index (χ3n) is 5.09. The molecule has 0 atom stereocenters. The topological polar surface area (TPSA) is 62.1 Å². The second-order valence-corrected chi connectivity index (χ2v) is 8.76. The van der Waals surface area contributed by atoms with E-state index in [9.17, 15) is 10.1 Å². The molecule has 0 aliphatic heterocycles. The van der Waals surface area contributed by atoms with Crippen molar-refractivity contribution in [2.75, 3.05) is 5.32 Å². The van der Waals surface area contributed by atoms with Gasteiger partial charge >= 0.3 is 0 Å². The Morgan fingerprint density at radius 3 is 2.25 bits per heavy atom. The fourth-order valence-electron chi connectivity index (χ4n) is 3.49. The van der Waals surface area contributed by atoms with E-state index in [4.69, 9.17) is 4.74 Å². The van der Waals surface area contributed by atoms with Crippen LogP contribution in [0.2, 0.25) is 0 Å². The second-order valence-electron chi connectivity index (χ2n) is 7.84. The number of hydrogen-bond acceptors (Lipinski definition) is 3. The first-order chi connectivity index (χ1) is 15.3. The smallest absolute Gasteiger partial charge is 0.266 e. The van der Waals surface area contributed by atoms with Gasteiger partial charge in [-0.05, 0) is 91.9 Å². The lowest BCUT2D eigenvalue weighted by molar-refractivity contribution is -0.112. The van der Waals surface area contributed by atoms with E-state index in [0.29, 0.717) is 12.3 Å². The van der Waals surface area contributed by atoms with Crippen LogP contribution in [0.4, 0.5) is 5.69 Å². The summed E-state index contributed by atoms with van der Waals surface area (Å²) in [6.07, 6.45) is 1.61. The number of nitrogens with zero attached hydrogens (tertiary/aromatic N) is 1. The average Bonchev–Trinajstić information content (AvgIpc) is 2.74. The number of carbonyl (C=O) groups excluding carboxylic acids is 1. The van der Waals surface area contributed by atoms with Crippen molar-refractivity contribution in [1.82, 2.24) is 0 Å². The van der Waals surface area contributed by atoms with Gasteiger partial charge in [-0.25, -0.2) is 0 Å². The second kappa shape index (κ2) is 10.3. The summed E-state index contributed by atoms with van der Waals surface area (Å²) in [6.45, 7) is 8.31. The lowest BCUT2D eigenvalue weighted by atomic mass is 10.0. The van der Waals surface area contributed by atoms with Crippen molar-refractivity contribution in [3.8, 4) is 11.8 Å². The molecule has 0 aliphatic rings. The lowest BCUT2D eigenvalue weighted by Crippen LogP contribution is -2.14.